The summed E-state index contributed by atoms with van der Waals surface area (Å²) >= 11 is 0. The van der Waals surface area contributed by atoms with E-state index in [1.807, 2.05) is 0 Å². The summed E-state index contributed by atoms with van der Waals surface area (Å²) in [6.07, 6.45) is 10.3. The lowest BCUT2D eigenvalue weighted by molar-refractivity contribution is 0.186. The number of rotatable bonds is 3. The van der Waals surface area contributed by atoms with Crippen LogP contribution >= 0.6 is 0 Å². The normalized spacial score (nSPS) is 42.9. The van der Waals surface area contributed by atoms with Gasteiger partial charge in [0.15, 0.2) is 0 Å². The van der Waals surface area contributed by atoms with Gasteiger partial charge in [-0.2, -0.15) is 0 Å². The smallest absolute Gasteiger partial charge is 0.0104 e. The summed E-state index contributed by atoms with van der Waals surface area (Å²) in [5.74, 6) is 3.05. The maximum atomic E-state index is 3.55. The Labute approximate surface area is 106 Å². The number of hydrogen-bond donors (Lipinski definition) is 1. The van der Waals surface area contributed by atoms with Crippen LogP contribution in [0.1, 0.15) is 44.9 Å². The van der Waals surface area contributed by atoms with Crippen LogP contribution in [0.3, 0.4) is 0 Å². The lowest BCUT2D eigenvalue weighted by atomic mass is 9.84. The van der Waals surface area contributed by atoms with Gasteiger partial charge in [0.05, 0.1) is 0 Å². The molecule has 2 aliphatic carbocycles. The van der Waals surface area contributed by atoms with Gasteiger partial charge in [0, 0.05) is 25.7 Å². The molecule has 1 N–H and O–H groups in total. The Kier molecular flexibility index (Phi) is 3.72. The summed E-state index contributed by atoms with van der Waals surface area (Å²) in [6, 6.07) is 0.796. The van der Waals surface area contributed by atoms with E-state index in [1.54, 1.807) is 0 Å². The van der Waals surface area contributed by atoms with Crippen LogP contribution in [0.4, 0.5) is 0 Å². The van der Waals surface area contributed by atoms with Crippen LogP contribution in [0, 0.1) is 17.8 Å². The first-order chi connectivity index (χ1) is 8.36. The van der Waals surface area contributed by atoms with Crippen molar-refractivity contribution in [2.45, 2.75) is 51.0 Å². The molecule has 4 unspecified atom stereocenters. The molecule has 98 valence electrons. The molecule has 1 saturated heterocycles. The molecule has 3 aliphatic rings. The van der Waals surface area contributed by atoms with E-state index in [2.05, 4.69) is 17.3 Å². The van der Waals surface area contributed by atoms with Crippen molar-refractivity contribution in [1.29, 1.82) is 0 Å². The van der Waals surface area contributed by atoms with Crippen molar-refractivity contribution in [3.8, 4) is 0 Å². The molecule has 4 atom stereocenters. The van der Waals surface area contributed by atoms with Gasteiger partial charge in [-0.15, -0.1) is 0 Å². The molecule has 0 aromatic carbocycles. The van der Waals surface area contributed by atoms with Crippen molar-refractivity contribution in [3.63, 3.8) is 0 Å². The molecule has 2 saturated carbocycles. The Bertz CT molecular complexity index is 241. The van der Waals surface area contributed by atoms with E-state index in [-0.39, 0.29) is 0 Å². The lowest BCUT2D eigenvalue weighted by Crippen LogP contribution is -2.42. The first-order valence-electron chi connectivity index (χ1n) is 7.76. The molecule has 17 heavy (non-hydrogen) atoms. The molecule has 3 rings (SSSR count). The lowest BCUT2D eigenvalue weighted by Gasteiger charge is -2.34. The van der Waals surface area contributed by atoms with Crippen molar-refractivity contribution in [2.24, 2.45) is 17.8 Å². The van der Waals surface area contributed by atoms with E-state index < -0.39 is 0 Å². The molecule has 1 aliphatic heterocycles. The number of fused-ring (bicyclic) bond motifs is 1. The van der Waals surface area contributed by atoms with Crippen LogP contribution in [-0.4, -0.2) is 37.6 Å². The van der Waals surface area contributed by atoms with Gasteiger partial charge in [0.25, 0.3) is 0 Å². The molecule has 0 amide bonds. The highest BCUT2D eigenvalue weighted by molar-refractivity contribution is 4.91. The second kappa shape index (κ2) is 5.27. The molecular weight excluding hydrogens is 208 g/mol. The van der Waals surface area contributed by atoms with Crippen LogP contribution in [0.2, 0.25) is 0 Å². The average Bonchev–Trinajstić information content (AvgIpc) is 2.90. The molecule has 2 heteroatoms. The van der Waals surface area contributed by atoms with Gasteiger partial charge in [0.1, 0.15) is 0 Å². The van der Waals surface area contributed by atoms with Crippen LogP contribution in [0.15, 0.2) is 0 Å². The molecular formula is C15H28N2. The van der Waals surface area contributed by atoms with E-state index >= 15 is 0 Å². The topological polar surface area (TPSA) is 15.3 Å². The third-order valence-corrected chi connectivity index (χ3v) is 5.57. The summed E-state index contributed by atoms with van der Waals surface area (Å²) in [4.78, 5) is 2.79. The first-order valence-corrected chi connectivity index (χ1v) is 7.76. The molecule has 2 nitrogen and oxygen atoms in total. The number of nitrogens with zero attached hydrogens (tertiary/aromatic N) is 1. The first kappa shape index (κ1) is 12.0. The average molecular weight is 236 g/mol. The molecule has 0 bridgehead atoms. The Hall–Kier alpha value is -0.0800. The Morgan fingerprint density at radius 1 is 0.941 bits per heavy atom. The largest absolute Gasteiger partial charge is 0.317 e. The molecule has 0 aromatic rings. The zero-order chi connectivity index (χ0) is 11.7. The summed E-state index contributed by atoms with van der Waals surface area (Å²) in [6.45, 7) is 4.20. The third-order valence-electron chi connectivity index (χ3n) is 5.57. The van der Waals surface area contributed by atoms with Gasteiger partial charge in [-0.1, -0.05) is 19.3 Å². The minimum absolute atomic E-state index is 0.796. The van der Waals surface area contributed by atoms with E-state index in [4.69, 9.17) is 0 Å². The summed E-state index contributed by atoms with van der Waals surface area (Å²) in [7, 11) is 2.15. The molecule has 0 radical (unpaired) electrons. The van der Waals surface area contributed by atoms with E-state index in [1.165, 1.54) is 64.6 Å². The zero-order valence-electron chi connectivity index (χ0n) is 11.3. The van der Waals surface area contributed by atoms with Crippen LogP contribution < -0.4 is 5.32 Å². The van der Waals surface area contributed by atoms with Gasteiger partial charge in [-0.3, -0.25) is 0 Å². The number of likely N-dealkylation sites (tertiary alicyclic amines) is 1. The summed E-state index contributed by atoms with van der Waals surface area (Å²) in [5, 5.41) is 3.55. The van der Waals surface area contributed by atoms with E-state index in [0.717, 1.165) is 23.8 Å². The molecule has 1 heterocycles. The fourth-order valence-corrected chi connectivity index (χ4v) is 4.62. The van der Waals surface area contributed by atoms with Crippen molar-refractivity contribution < 1.29 is 0 Å². The van der Waals surface area contributed by atoms with E-state index in [0.29, 0.717) is 0 Å². The second-order valence-corrected chi connectivity index (χ2v) is 6.61. The third kappa shape index (κ3) is 2.53. The quantitative estimate of drug-likeness (QED) is 0.810. The van der Waals surface area contributed by atoms with Crippen molar-refractivity contribution >= 4 is 0 Å². The van der Waals surface area contributed by atoms with Gasteiger partial charge >= 0.3 is 0 Å². The molecule has 0 aromatic heterocycles. The maximum Gasteiger partial charge on any atom is 0.0104 e. The monoisotopic (exact) mass is 236 g/mol. The second-order valence-electron chi connectivity index (χ2n) is 6.61. The van der Waals surface area contributed by atoms with Gasteiger partial charge in [-0.25, -0.2) is 0 Å². The van der Waals surface area contributed by atoms with Crippen LogP contribution in [0.25, 0.3) is 0 Å². The van der Waals surface area contributed by atoms with Crippen LogP contribution in [-0.2, 0) is 0 Å². The molecule has 3 fully saturated rings. The SMILES string of the molecule is CNC1CCCCC1CN1CC2CCCC2C1. The Morgan fingerprint density at radius 2 is 1.65 bits per heavy atom. The van der Waals surface area contributed by atoms with Crippen molar-refractivity contribution in [1.82, 2.24) is 10.2 Å². The van der Waals surface area contributed by atoms with Gasteiger partial charge < -0.3 is 10.2 Å². The zero-order valence-corrected chi connectivity index (χ0v) is 11.3. The standard InChI is InChI=1S/C15H28N2/c1-16-15-8-3-2-5-14(15)11-17-9-12-6-4-7-13(12)10-17/h12-16H,2-11H2,1H3. The Morgan fingerprint density at radius 3 is 2.35 bits per heavy atom. The maximum absolute atomic E-state index is 3.55. The minimum atomic E-state index is 0.796. The number of hydrogen-bond acceptors (Lipinski definition) is 2. The Balaban J connectivity index is 1.52. The summed E-state index contributed by atoms with van der Waals surface area (Å²) in [5.41, 5.74) is 0. The highest BCUT2D eigenvalue weighted by Crippen LogP contribution is 2.38. The summed E-state index contributed by atoms with van der Waals surface area (Å²) < 4.78 is 0. The van der Waals surface area contributed by atoms with E-state index in [9.17, 15) is 0 Å². The fraction of sp³-hybridized carbons (Fsp3) is 1.00. The van der Waals surface area contributed by atoms with Gasteiger partial charge in [0.2, 0.25) is 0 Å². The predicted octanol–water partition coefficient (Wildman–Crippen LogP) is 2.50. The van der Waals surface area contributed by atoms with Gasteiger partial charge in [-0.05, 0) is 50.5 Å². The highest BCUT2D eigenvalue weighted by atomic mass is 15.2. The minimum Gasteiger partial charge on any atom is -0.317 e. The highest BCUT2D eigenvalue weighted by Gasteiger charge is 2.37. The number of nitrogens with one attached hydrogen (secondary N) is 1. The van der Waals surface area contributed by atoms with Crippen LogP contribution in [0.5, 0.6) is 0 Å². The van der Waals surface area contributed by atoms with Crippen molar-refractivity contribution in [3.05, 3.63) is 0 Å². The molecule has 0 spiro atoms. The predicted molar refractivity (Wildman–Crippen MR) is 72.1 cm³/mol. The fourth-order valence-electron chi connectivity index (χ4n) is 4.62. The van der Waals surface area contributed by atoms with Crippen molar-refractivity contribution in [2.75, 3.05) is 26.7 Å².